The summed E-state index contributed by atoms with van der Waals surface area (Å²) >= 11 is 0. The number of carbonyl (C=O) groups is 1. The predicted molar refractivity (Wildman–Crippen MR) is 88.4 cm³/mol. The summed E-state index contributed by atoms with van der Waals surface area (Å²) in [6, 6.07) is 3.48. The van der Waals surface area contributed by atoms with Crippen molar-refractivity contribution in [2.24, 2.45) is 0 Å². The zero-order valence-corrected chi connectivity index (χ0v) is 13.9. The number of hydrogen-bond acceptors (Lipinski definition) is 7. The van der Waals surface area contributed by atoms with Crippen molar-refractivity contribution in [3.05, 3.63) is 46.3 Å². The maximum Gasteiger partial charge on any atom is 0.340 e. The quantitative estimate of drug-likeness (QED) is 0.688. The molecule has 0 radical (unpaired) electrons. The van der Waals surface area contributed by atoms with E-state index in [0.29, 0.717) is 22.4 Å². The summed E-state index contributed by atoms with van der Waals surface area (Å²) in [7, 11) is 2.96. The molecule has 3 rings (SSSR count). The van der Waals surface area contributed by atoms with E-state index < -0.39 is 11.5 Å². The van der Waals surface area contributed by atoms with Gasteiger partial charge >= 0.3 is 5.63 Å². The highest BCUT2D eigenvalue weighted by atomic mass is 16.5. The number of carbonyl (C=O) groups excluding carboxylic acids is 1. The lowest BCUT2D eigenvalue weighted by Gasteiger charge is -2.12. The minimum atomic E-state index is -0.601. The third-order valence-corrected chi connectivity index (χ3v) is 3.81. The van der Waals surface area contributed by atoms with Gasteiger partial charge in [0.15, 0.2) is 11.3 Å². The molecule has 25 heavy (non-hydrogen) atoms. The Morgan fingerprint density at radius 2 is 1.96 bits per heavy atom. The Balaban J connectivity index is 2.02. The summed E-state index contributed by atoms with van der Waals surface area (Å²) in [5.74, 6) is 0.395. The molecule has 0 aliphatic rings. The summed E-state index contributed by atoms with van der Waals surface area (Å²) in [4.78, 5) is 24.5. The minimum absolute atomic E-state index is 0.142. The SMILES string of the molecule is COc1ccc2c(C)c(CC(=O)Nn3cnnc3)c(=O)oc2c1OC. The zero-order valence-electron chi connectivity index (χ0n) is 13.9. The van der Waals surface area contributed by atoms with Gasteiger partial charge in [0, 0.05) is 5.39 Å². The van der Waals surface area contributed by atoms with Crippen LogP contribution in [-0.2, 0) is 11.2 Å². The molecule has 9 heteroatoms. The monoisotopic (exact) mass is 344 g/mol. The van der Waals surface area contributed by atoms with Crippen LogP contribution in [0.25, 0.3) is 11.0 Å². The Labute approximate surface area is 142 Å². The molecule has 1 aromatic carbocycles. The van der Waals surface area contributed by atoms with E-state index in [0.717, 1.165) is 0 Å². The number of hydrogen-bond donors (Lipinski definition) is 1. The highest BCUT2D eigenvalue weighted by Gasteiger charge is 2.19. The number of nitrogens with one attached hydrogen (secondary N) is 1. The molecule has 0 spiro atoms. The Morgan fingerprint density at radius 3 is 2.60 bits per heavy atom. The second-order valence-electron chi connectivity index (χ2n) is 5.25. The fraction of sp³-hybridized carbons (Fsp3) is 0.250. The summed E-state index contributed by atoms with van der Waals surface area (Å²) in [5, 5.41) is 7.84. The highest BCUT2D eigenvalue weighted by Crippen LogP contribution is 2.36. The summed E-state index contributed by atoms with van der Waals surface area (Å²) in [5.41, 5.74) is 3.14. The standard InChI is InChI=1S/C16H16N4O5/c1-9-10-4-5-12(23-2)15(24-3)14(10)25-16(22)11(9)6-13(21)19-20-7-17-18-8-20/h4-5,7-8H,6H2,1-3H3,(H,19,21). The number of fused-ring (bicyclic) bond motifs is 1. The molecule has 0 atom stereocenters. The second kappa shape index (κ2) is 6.63. The van der Waals surface area contributed by atoms with Crippen molar-refractivity contribution in [1.82, 2.24) is 14.9 Å². The van der Waals surface area contributed by atoms with Crippen LogP contribution < -0.4 is 20.5 Å². The Hall–Kier alpha value is -3.36. The number of benzene rings is 1. The van der Waals surface area contributed by atoms with Crippen molar-refractivity contribution in [1.29, 1.82) is 0 Å². The van der Waals surface area contributed by atoms with E-state index in [2.05, 4.69) is 15.6 Å². The van der Waals surface area contributed by atoms with Gasteiger partial charge < -0.3 is 13.9 Å². The Morgan fingerprint density at radius 1 is 1.24 bits per heavy atom. The Bertz CT molecular complexity index is 978. The summed E-state index contributed by atoms with van der Waals surface area (Å²) in [6.07, 6.45) is 2.53. The molecule has 0 unspecified atom stereocenters. The average molecular weight is 344 g/mol. The predicted octanol–water partition coefficient (Wildman–Crippen LogP) is 1.02. The van der Waals surface area contributed by atoms with Crippen molar-refractivity contribution in [3.8, 4) is 11.5 Å². The molecule has 0 saturated heterocycles. The number of ether oxygens (including phenoxy) is 2. The van der Waals surface area contributed by atoms with Crippen molar-refractivity contribution in [2.75, 3.05) is 19.6 Å². The number of aryl methyl sites for hydroxylation is 1. The van der Waals surface area contributed by atoms with Crippen molar-refractivity contribution in [2.45, 2.75) is 13.3 Å². The fourth-order valence-corrected chi connectivity index (χ4v) is 2.57. The number of aromatic nitrogens is 3. The molecule has 2 aromatic heterocycles. The van der Waals surface area contributed by atoms with Gasteiger partial charge in [-0.05, 0) is 24.6 Å². The van der Waals surface area contributed by atoms with E-state index in [1.165, 1.54) is 31.6 Å². The first-order valence-corrected chi connectivity index (χ1v) is 7.37. The zero-order chi connectivity index (χ0) is 18.0. The Kier molecular flexibility index (Phi) is 4.38. The van der Waals surface area contributed by atoms with Crippen LogP contribution in [0.5, 0.6) is 11.5 Å². The molecular formula is C16H16N4O5. The third kappa shape index (κ3) is 3.03. The van der Waals surface area contributed by atoms with Gasteiger partial charge in [-0.1, -0.05) is 0 Å². The van der Waals surface area contributed by atoms with Crippen molar-refractivity contribution in [3.63, 3.8) is 0 Å². The number of methoxy groups -OCH3 is 2. The van der Waals surface area contributed by atoms with E-state index in [-0.39, 0.29) is 17.6 Å². The molecule has 0 aliphatic carbocycles. The van der Waals surface area contributed by atoms with E-state index >= 15 is 0 Å². The van der Waals surface area contributed by atoms with Crippen LogP contribution in [0.15, 0.2) is 34.0 Å². The molecule has 1 N–H and O–H groups in total. The maximum atomic E-state index is 12.4. The molecular weight excluding hydrogens is 328 g/mol. The molecule has 0 fully saturated rings. The van der Waals surface area contributed by atoms with Crippen molar-refractivity contribution >= 4 is 16.9 Å². The number of amides is 1. The normalized spacial score (nSPS) is 10.7. The molecule has 3 aromatic rings. The molecule has 2 heterocycles. The van der Waals surface area contributed by atoms with Gasteiger partial charge in [0.25, 0.3) is 0 Å². The van der Waals surface area contributed by atoms with Crippen molar-refractivity contribution < 1.29 is 18.7 Å². The van der Waals surface area contributed by atoms with Crippen LogP contribution in [0, 0.1) is 6.92 Å². The van der Waals surface area contributed by atoms with Crippen LogP contribution in [0.2, 0.25) is 0 Å². The van der Waals surface area contributed by atoms with E-state index in [1.807, 2.05) is 0 Å². The van der Waals surface area contributed by atoms with Crippen LogP contribution in [0.4, 0.5) is 0 Å². The lowest BCUT2D eigenvalue weighted by molar-refractivity contribution is -0.116. The van der Waals surface area contributed by atoms with Gasteiger partial charge in [0.05, 0.1) is 26.2 Å². The van der Waals surface area contributed by atoms with Gasteiger partial charge in [-0.25, -0.2) is 9.47 Å². The van der Waals surface area contributed by atoms with Gasteiger partial charge in [-0.3, -0.25) is 10.2 Å². The highest BCUT2D eigenvalue weighted by molar-refractivity contribution is 5.91. The maximum absolute atomic E-state index is 12.4. The van der Waals surface area contributed by atoms with Gasteiger partial charge in [-0.2, -0.15) is 0 Å². The molecule has 9 nitrogen and oxygen atoms in total. The largest absolute Gasteiger partial charge is 0.493 e. The van der Waals surface area contributed by atoms with E-state index in [1.54, 1.807) is 19.1 Å². The van der Waals surface area contributed by atoms with Crippen LogP contribution in [0.1, 0.15) is 11.1 Å². The molecule has 1 amide bonds. The van der Waals surface area contributed by atoms with Gasteiger partial charge in [-0.15, -0.1) is 10.2 Å². The number of rotatable bonds is 5. The van der Waals surface area contributed by atoms with E-state index in [9.17, 15) is 9.59 Å². The smallest absolute Gasteiger partial charge is 0.340 e. The first-order valence-electron chi connectivity index (χ1n) is 7.37. The molecule has 0 aliphatic heterocycles. The summed E-state index contributed by atoms with van der Waals surface area (Å²) in [6.45, 7) is 1.76. The van der Waals surface area contributed by atoms with Crippen LogP contribution in [-0.4, -0.2) is 35.0 Å². The van der Waals surface area contributed by atoms with Crippen LogP contribution >= 0.6 is 0 Å². The first kappa shape index (κ1) is 16.5. The lowest BCUT2D eigenvalue weighted by atomic mass is 10.0. The first-order chi connectivity index (χ1) is 12.0. The number of nitrogens with zero attached hydrogens (tertiary/aromatic N) is 3. The van der Waals surface area contributed by atoms with Crippen LogP contribution in [0.3, 0.4) is 0 Å². The average Bonchev–Trinajstić information content (AvgIpc) is 3.10. The van der Waals surface area contributed by atoms with Gasteiger partial charge in [0.2, 0.25) is 11.7 Å². The minimum Gasteiger partial charge on any atom is -0.493 e. The molecule has 130 valence electrons. The van der Waals surface area contributed by atoms with Gasteiger partial charge in [0.1, 0.15) is 12.7 Å². The molecule has 0 bridgehead atoms. The molecule has 0 saturated carbocycles. The summed E-state index contributed by atoms with van der Waals surface area (Å²) < 4.78 is 17.2. The lowest BCUT2D eigenvalue weighted by Crippen LogP contribution is -2.26. The fourth-order valence-electron chi connectivity index (χ4n) is 2.57. The second-order valence-corrected chi connectivity index (χ2v) is 5.25. The topological polar surface area (TPSA) is 108 Å². The van der Waals surface area contributed by atoms with E-state index in [4.69, 9.17) is 13.9 Å². The third-order valence-electron chi connectivity index (χ3n) is 3.81.